The highest BCUT2D eigenvalue weighted by Crippen LogP contribution is 2.04. The van der Waals surface area contributed by atoms with Crippen LogP contribution in [0.1, 0.15) is 19.2 Å². The molecule has 0 fully saturated rings. The molecule has 1 atom stereocenters. The van der Waals surface area contributed by atoms with Crippen LogP contribution in [0.3, 0.4) is 0 Å². The van der Waals surface area contributed by atoms with Gasteiger partial charge in [0.15, 0.2) is 5.82 Å². The van der Waals surface area contributed by atoms with Gasteiger partial charge in [0, 0.05) is 20.6 Å². The van der Waals surface area contributed by atoms with Gasteiger partial charge in [0.05, 0.1) is 6.10 Å². The molecule has 5 heteroatoms. The summed E-state index contributed by atoms with van der Waals surface area (Å²) >= 11 is 0. The number of nitrogens with two attached hydrogens (primary N) is 1. The van der Waals surface area contributed by atoms with Gasteiger partial charge in [0.1, 0.15) is 0 Å². The molecule has 1 rings (SSSR count). The average Bonchev–Trinajstić information content (AvgIpc) is 2.42. The summed E-state index contributed by atoms with van der Waals surface area (Å²) in [6, 6.07) is 0. The lowest BCUT2D eigenvalue weighted by Gasteiger charge is -2.05. The van der Waals surface area contributed by atoms with Crippen molar-refractivity contribution in [2.24, 2.45) is 7.05 Å². The van der Waals surface area contributed by atoms with Gasteiger partial charge in [-0.1, -0.05) is 0 Å². The number of anilines is 1. The largest absolute Gasteiger partial charge is 0.382 e. The number of rotatable bonds is 4. The lowest BCUT2D eigenvalue weighted by molar-refractivity contribution is 0.111. The molecule has 0 aliphatic heterocycles. The molecule has 2 N–H and O–H groups in total. The first-order chi connectivity index (χ1) is 6.13. The Bertz CT molecular complexity index is 252. The molecular weight excluding hydrogens is 168 g/mol. The lowest BCUT2D eigenvalue weighted by atomic mass is 10.2. The monoisotopic (exact) mass is 184 g/mol. The van der Waals surface area contributed by atoms with Crippen molar-refractivity contribution in [2.45, 2.75) is 25.9 Å². The van der Waals surface area contributed by atoms with Crippen LogP contribution < -0.4 is 5.73 Å². The van der Waals surface area contributed by atoms with Crippen molar-refractivity contribution in [1.82, 2.24) is 14.8 Å². The van der Waals surface area contributed by atoms with E-state index >= 15 is 0 Å². The van der Waals surface area contributed by atoms with Crippen LogP contribution >= 0.6 is 0 Å². The maximum atomic E-state index is 5.54. The van der Waals surface area contributed by atoms with E-state index in [1.54, 1.807) is 18.8 Å². The zero-order chi connectivity index (χ0) is 9.84. The molecule has 0 saturated carbocycles. The fraction of sp³-hybridized carbons (Fsp3) is 0.750. The Hall–Kier alpha value is -1.10. The van der Waals surface area contributed by atoms with Crippen molar-refractivity contribution in [3.63, 3.8) is 0 Å². The quantitative estimate of drug-likeness (QED) is 0.734. The van der Waals surface area contributed by atoms with Crippen LogP contribution in [-0.2, 0) is 18.2 Å². The van der Waals surface area contributed by atoms with E-state index in [9.17, 15) is 0 Å². The summed E-state index contributed by atoms with van der Waals surface area (Å²) in [5, 5.41) is 4.14. The molecule has 0 aliphatic carbocycles. The first kappa shape index (κ1) is 9.98. The molecule has 1 heterocycles. The van der Waals surface area contributed by atoms with E-state index in [4.69, 9.17) is 10.5 Å². The molecular formula is C8H16N4O. The highest BCUT2D eigenvalue weighted by Gasteiger charge is 2.06. The molecule has 0 radical (unpaired) electrons. The van der Waals surface area contributed by atoms with Crippen LogP contribution in [0.2, 0.25) is 0 Å². The number of hydrogen-bond acceptors (Lipinski definition) is 4. The smallest absolute Gasteiger partial charge is 0.218 e. The third kappa shape index (κ3) is 2.69. The van der Waals surface area contributed by atoms with Crippen molar-refractivity contribution in [1.29, 1.82) is 0 Å². The Morgan fingerprint density at radius 1 is 1.62 bits per heavy atom. The molecule has 5 nitrogen and oxygen atoms in total. The van der Waals surface area contributed by atoms with E-state index in [2.05, 4.69) is 10.1 Å². The van der Waals surface area contributed by atoms with Gasteiger partial charge in [-0.2, -0.15) is 10.1 Å². The molecule has 0 aromatic carbocycles. The molecule has 1 aromatic heterocycles. The number of nitrogens with zero attached hydrogens (tertiary/aromatic N) is 3. The van der Waals surface area contributed by atoms with Gasteiger partial charge in [-0.3, -0.25) is 0 Å². The van der Waals surface area contributed by atoms with Crippen molar-refractivity contribution in [3.8, 4) is 0 Å². The zero-order valence-electron chi connectivity index (χ0n) is 8.32. The second kappa shape index (κ2) is 4.23. The summed E-state index contributed by atoms with van der Waals surface area (Å²) < 4.78 is 6.69. The fourth-order valence-corrected chi connectivity index (χ4v) is 1.01. The predicted molar refractivity (Wildman–Crippen MR) is 50.2 cm³/mol. The summed E-state index contributed by atoms with van der Waals surface area (Å²) in [5.41, 5.74) is 5.54. The number of hydrogen-bond donors (Lipinski definition) is 1. The minimum Gasteiger partial charge on any atom is -0.382 e. The normalized spacial score (nSPS) is 13.2. The van der Waals surface area contributed by atoms with Gasteiger partial charge in [0.25, 0.3) is 0 Å². The second-order valence-corrected chi connectivity index (χ2v) is 3.09. The molecule has 0 bridgehead atoms. The van der Waals surface area contributed by atoms with Crippen LogP contribution in [0.25, 0.3) is 0 Å². The van der Waals surface area contributed by atoms with Crippen LogP contribution in [0.15, 0.2) is 0 Å². The molecule has 1 unspecified atom stereocenters. The topological polar surface area (TPSA) is 66.0 Å². The SMILES string of the molecule is COC(C)CCc1nc(N)n(C)n1. The summed E-state index contributed by atoms with van der Waals surface area (Å²) in [6.45, 7) is 2.02. The lowest BCUT2D eigenvalue weighted by Crippen LogP contribution is -2.06. The van der Waals surface area contributed by atoms with Gasteiger partial charge in [0.2, 0.25) is 5.95 Å². The summed E-state index contributed by atoms with van der Waals surface area (Å²) in [5.74, 6) is 1.24. The van der Waals surface area contributed by atoms with Crippen LogP contribution in [0, 0.1) is 0 Å². The Kier molecular flexibility index (Phi) is 3.25. The standard InChI is InChI=1S/C8H16N4O/c1-6(13-3)4-5-7-10-8(9)12(2)11-7/h6H,4-5H2,1-3H3,(H2,9,10,11). The Morgan fingerprint density at radius 3 is 2.77 bits per heavy atom. The first-order valence-corrected chi connectivity index (χ1v) is 4.31. The number of aryl methyl sites for hydroxylation is 2. The number of methoxy groups -OCH3 is 1. The molecule has 13 heavy (non-hydrogen) atoms. The number of nitrogen functional groups attached to an aromatic ring is 1. The molecule has 0 spiro atoms. The third-order valence-electron chi connectivity index (χ3n) is 2.02. The van der Waals surface area contributed by atoms with Crippen molar-refractivity contribution in [3.05, 3.63) is 5.82 Å². The highest BCUT2D eigenvalue weighted by atomic mass is 16.5. The van der Waals surface area contributed by atoms with E-state index in [0.29, 0.717) is 5.95 Å². The van der Waals surface area contributed by atoms with Gasteiger partial charge in [-0.15, -0.1) is 0 Å². The van der Waals surface area contributed by atoms with Crippen molar-refractivity contribution < 1.29 is 4.74 Å². The second-order valence-electron chi connectivity index (χ2n) is 3.09. The molecule has 0 saturated heterocycles. The van der Waals surface area contributed by atoms with E-state index < -0.39 is 0 Å². The van der Waals surface area contributed by atoms with Crippen molar-refractivity contribution >= 4 is 5.95 Å². The maximum absolute atomic E-state index is 5.54. The van der Waals surface area contributed by atoms with Gasteiger partial charge >= 0.3 is 0 Å². The van der Waals surface area contributed by atoms with Crippen molar-refractivity contribution in [2.75, 3.05) is 12.8 Å². The number of ether oxygens (including phenoxy) is 1. The van der Waals surface area contributed by atoms with Gasteiger partial charge in [-0.25, -0.2) is 4.68 Å². The summed E-state index contributed by atoms with van der Waals surface area (Å²) in [4.78, 5) is 4.09. The van der Waals surface area contributed by atoms with Crippen LogP contribution in [-0.4, -0.2) is 28.0 Å². The van der Waals surface area contributed by atoms with Gasteiger partial charge in [-0.05, 0) is 13.3 Å². The predicted octanol–water partition coefficient (Wildman–Crippen LogP) is 0.365. The highest BCUT2D eigenvalue weighted by molar-refractivity contribution is 5.15. The maximum Gasteiger partial charge on any atom is 0.218 e. The summed E-state index contributed by atoms with van der Waals surface area (Å²) in [7, 11) is 3.48. The Balaban J connectivity index is 2.45. The zero-order valence-corrected chi connectivity index (χ0v) is 8.32. The molecule has 74 valence electrons. The Labute approximate surface area is 77.9 Å². The minimum absolute atomic E-state index is 0.241. The van der Waals surface area contributed by atoms with E-state index in [1.165, 1.54) is 0 Å². The minimum atomic E-state index is 0.241. The first-order valence-electron chi connectivity index (χ1n) is 4.31. The molecule has 1 aromatic rings. The van der Waals surface area contributed by atoms with E-state index in [-0.39, 0.29) is 6.10 Å². The third-order valence-corrected chi connectivity index (χ3v) is 2.02. The van der Waals surface area contributed by atoms with Crippen LogP contribution in [0.5, 0.6) is 0 Å². The number of aromatic nitrogens is 3. The molecule has 0 amide bonds. The summed E-state index contributed by atoms with van der Waals surface area (Å²) in [6.07, 6.45) is 1.96. The van der Waals surface area contributed by atoms with E-state index in [1.807, 2.05) is 6.92 Å². The molecule has 0 aliphatic rings. The van der Waals surface area contributed by atoms with Gasteiger partial charge < -0.3 is 10.5 Å². The van der Waals surface area contributed by atoms with Crippen LogP contribution in [0.4, 0.5) is 5.95 Å². The fourth-order valence-electron chi connectivity index (χ4n) is 1.01. The average molecular weight is 184 g/mol. The Morgan fingerprint density at radius 2 is 2.31 bits per heavy atom. The van der Waals surface area contributed by atoms with E-state index in [0.717, 1.165) is 18.7 Å².